The molecule has 0 heterocycles. The van der Waals surface area contributed by atoms with Gasteiger partial charge >= 0.3 is 0 Å². The lowest BCUT2D eigenvalue weighted by Crippen LogP contribution is -2.43. The van der Waals surface area contributed by atoms with Crippen molar-refractivity contribution in [1.29, 1.82) is 5.26 Å². The number of rotatable bonds is 5. The Morgan fingerprint density at radius 2 is 2.16 bits per heavy atom. The van der Waals surface area contributed by atoms with Gasteiger partial charge in [0.25, 0.3) is 0 Å². The quantitative estimate of drug-likeness (QED) is 0.880. The average Bonchev–Trinajstić information content (AvgIpc) is 2.45. The molecule has 1 N–H and O–H groups in total. The van der Waals surface area contributed by atoms with E-state index < -0.39 is 0 Å². The van der Waals surface area contributed by atoms with E-state index >= 15 is 0 Å². The molecule has 102 valence electrons. The minimum Gasteiger partial charge on any atom is -0.345 e. The lowest BCUT2D eigenvalue weighted by molar-refractivity contribution is -0.131. The Bertz CT molecular complexity index is 479. The van der Waals surface area contributed by atoms with Crippen molar-refractivity contribution in [2.75, 3.05) is 13.6 Å². The lowest BCUT2D eigenvalue weighted by atomic mass is 10.0. The standard InChI is InChI=1S/C15H21N3O/c1-5-18(4)15(19)12(3)17-11(2)14-8-6-7-13(9-14)10-16/h6-9,11-12,17H,5H2,1-4H3. The molecule has 0 spiro atoms. The van der Waals surface area contributed by atoms with E-state index in [2.05, 4.69) is 11.4 Å². The van der Waals surface area contributed by atoms with E-state index in [1.807, 2.05) is 39.0 Å². The third-order valence-corrected chi connectivity index (χ3v) is 3.24. The summed E-state index contributed by atoms with van der Waals surface area (Å²) in [5.74, 6) is 0.0748. The maximum Gasteiger partial charge on any atom is 0.239 e. The van der Waals surface area contributed by atoms with Crippen LogP contribution in [0.25, 0.3) is 0 Å². The Labute approximate surface area is 115 Å². The topological polar surface area (TPSA) is 56.1 Å². The molecule has 2 unspecified atom stereocenters. The van der Waals surface area contributed by atoms with E-state index in [1.165, 1.54) is 0 Å². The molecular weight excluding hydrogens is 238 g/mol. The molecule has 1 aromatic carbocycles. The highest BCUT2D eigenvalue weighted by molar-refractivity contribution is 5.81. The van der Waals surface area contributed by atoms with Gasteiger partial charge in [-0.2, -0.15) is 5.26 Å². The van der Waals surface area contributed by atoms with Gasteiger partial charge in [-0.25, -0.2) is 0 Å². The van der Waals surface area contributed by atoms with Crippen molar-refractivity contribution in [1.82, 2.24) is 10.2 Å². The van der Waals surface area contributed by atoms with Gasteiger partial charge in [0.2, 0.25) is 5.91 Å². The first-order valence-electron chi connectivity index (χ1n) is 6.50. The maximum absolute atomic E-state index is 12.0. The molecular formula is C15H21N3O. The van der Waals surface area contributed by atoms with Gasteiger partial charge in [0.1, 0.15) is 0 Å². The zero-order valence-electron chi connectivity index (χ0n) is 12.0. The van der Waals surface area contributed by atoms with E-state index in [-0.39, 0.29) is 18.0 Å². The fraction of sp³-hybridized carbons (Fsp3) is 0.467. The molecule has 0 aliphatic rings. The van der Waals surface area contributed by atoms with Crippen molar-refractivity contribution in [3.05, 3.63) is 35.4 Å². The van der Waals surface area contributed by atoms with Crippen LogP contribution in [0, 0.1) is 11.3 Å². The van der Waals surface area contributed by atoms with Crippen LogP contribution < -0.4 is 5.32 Å². The average molecular weight is 259 g/mol. The first-order valence-corrected chi connectivity index (χ1v) is 6.50. The van der Waals surface area contributed by atoms with Gasteiger partial charge in [-0.15, -0.1) is 0 Å². The monoisotopic (exact) mass is 259 g/mol. The smallest absolute Gasteiger partial charge is 0.239 e. The summed E-state index contributed by atoms with van der Waals surface area (Å²) in [5.41, 5.74) is 1.65. The Morgan fingerprint density at radius 1 is 1.47 bits per heavy atom. The van der Waals surface area contributed by atoms with Crippen LogP contribution in [0.15, 0.2) is 24.3 Å². The maximum atomic E-state index is 12.0. The van der Waals surface area contributed by atoms with E-state index in [4.69, 9.17) is 5.26 Å². The van der Waals surface area contributed by atoms with E-state index in [0.717, 1.165) is 5.56 Å². The van der Waals surface area contributed by atoms with Gasteiger partial charge in [0.05, 0.1) is 17.7 Å². The third kappa shape index (κ3) is 4.08. The van der Waals surface area contributed by atoms with Crippen molar-refractivity contribution in [2.45, 2.75) is 32.9 Å². The number of nitriles is 1. The lowest BCUT2D eigenvalue weighted by Gasteiger charge is -2.24. The van der Waals surface area contributed by atoms with Crippen LogP contribution in [-0.4, -0.2) is 30.4 Å². The minimum atomic E-state index is -0.245. The van der Waals surface area contributed by atoms with Gasteiger partial charge in [0, 0.05) is 19.6 Å². The Balaban J connectivity index is 2.71. The first kappa shape index (κ1) is 15.2. The summed E-state index contributed by atoms with van der Waals surface area (Å²) in [6, 6.07) is 9.34. The van der Waals surface area contributed by atoms with Gasteiger partial charge in [0.15, 0.2) is 0 Å². The second-order valence-electron chi connectivity index (χ2n) is 4.70. The van der Waals surface area contributed by atoms with Crippen molar-refractivity contribution in [3.8, 4) is 6.07 Å². The van der Waals surface area contributed by atoms with E-state index in [9.17, 15) is 4.79 Å². The van der Waals surface area contributed by atoms with Crippen molar-refractivity contribution < 1.29 is 4.79 Å². The summed E-state index contributed by atoms with van der Waals surface area (Å²) < 4.78 is 0. The number of nitrogens with zero attached hydrogens (tertiary/aromatic N) is 2. The number of benzene rings is 1. The van der Waals surface area contributed by atoms with Gasteiger partial charge in [-0.3, -0.25) is 10.1 Å². The molecule has 0 bridgehead atoms. The predicted molar refractivity (Wildman–Crippen MR) is 75.5 cm³/mol. The number of carbonyl (C=O) groups excluding carboxylic acids is 1. The Kier molecular flexibility index (Phi) is 5.53. The molecule has 4 heteroatoms. The van der Waals surface area contributed by atoms with Gasteiger partial charge < -0.3 is 4.90 Å². The zero-order valence-corrected chi connectivity index (χ0v) is 12.0. The molecule has 0 fully saturated rings. The number of nitrogens with one attached hydrogen (secondary N) is 1. The number of hydrogen-bond donors (Lipinski definition) is 1. The number of hydrogen-bond acceptors (Lipinski definition) is 3. The molecule has 1 amide bonds. The van der Waals surface area contributed by atoms with Crippen LogP contribution in [-0.2, 0) is 4.79 Å². The molecule has 0 aromatic heterocycles. The molecule has 4 nitrogen and oxygen atoms in total. The summed E-state index contributed by atoms with van der Waals surface area (Å²) >= 11 is 0. The molecule has 0 saturated carbocycles. The summed E-state index contributed by atoms with van der Waals surface area (Å²) in [6.45, 7) is 6.50. The minimum absolute atomic E-state index is 0.0255. The molecule has 0 aliphatic heterocycles. The van der Waals surface area contributed by atoms with Crippen LogP contribution in [0.5, 0.6) is 0 Å². The van der Waals surface area contributed by atoms with E-state index in [1.54, 1.807) is 18.0 Å². The molecule has 1 rings (SSSR count). The second kappa shape index (κ2) is 6.91. The summed E-state index contributed by atoms with van der Waals surface area (Å²) in [4.78, 5) is 13.7. The molecule has 19 heavy (non-hydrogen) atoms. The van der Waals surface area contributed by atoms with E-state index in [0.29, 0.717) is 12.1 Å². The fourth-order valence-corrected chi connectivity index (χ4v) is 1.91. The SMILES string of the molecule is CCN(C)C(=O)C(C)NC(C)c1cccc(C#N)c1. The molecule has 0 aliphatic carbocycles. The van der Waals surface area contributed by atoms with Crippen molar-refractivity contribution in [2.24, 2.45) is 0 Å². The summed E-state index contributed by atoms with van der Waals surface area (Å²) in [6.07, 6.45) is 0. The summed E-state index contributed by atoms with van der Waals surface area (Å²) in [5, 5.41) is 12.1. The molecule has 0 saturated heterocycles. The Hall–Kier alpha value is -1.86. The predicted octanol–water partition coefficient (Wildman–Crippen LogP) is 2.08. The zero-order chi connectivity index (χ0) is 14.4. The van der Waals surface area contributed by atoms with Crippen LogP contribution >= 0.6 is 0 Å². The highest BCUT2D eigenvalue weighted by atomic mass is 16.2. The molecule has 0 radical (unpaired) electrons. The first-order chi connectivity index (χ1) is 8.99. The fourth-order valence-electron chi connectivity index (χ4n) is 1.91. The second-order valence-corrected chi connectivity index (χ2v) is 4.70. The molecule has 1 aromatic rings. The normalized spacial score (nSPS) is 13.4. The van der Waals surface area contributed by atoms with Gasteiger partial charge in [-0.1, -0.05) is 12.1 Å². The van der Waals surface area contributed by atoms with Crippen LogP contribution in [0.4, 0.5) is 0 Å². The number of amides is 1. The van der Waals surface area contributed by atoms with Gasteiger partial charge in [-0.05, 0) is 38.5 Å². The third-order valence-electron chi connectivity index (χ3n) is 3.24. The van der Waals surface area contributed by atoms with Crippen LogP contribution in [0.1, 0.15) is 37.9 Å². The molecule has 2 atom stereocenters. The largest absolute Gasteiger partial charge is 0.345 e. The van der Waals surface area contributed by atoms with Crippen molar-refractivity contribution >= 4 is 5.91 Å². The number of likely N-dealkylation sites (N-methyl/N-ethyl adjacent to an activating group) is 1. The van der Waals surface area contributed by atoms with Crippen molar-refractivity contribution in [3.63, 3.8) is 0 Å². The van der Waals surface area contributed by atoms with Crippen LogP contribution in [0.3, 0.4) is 0 Å². The van der Waals surface area contributed by atoms with Crippen LogP contribution in [0.2, 0.25) is 0 Å². The highest BCUT2D eigenvalue weighted by Crippen LogP contribution is 2.14. The number of carbonyl (C=O) groups is 1. The summed E-state index contributed by atoms with van der Waals surface area (Å²) in [7, 11) is 1.79. The Morgan fingerprint density at radius 3 is 2.74 bits per heavy atom. The highest BCUT2D eigenvalue weighted by Gasteiger charge is 2.18.